The van der Waals surface area contributed by atoms with E-state index in [0.29, 0.717) is 0 Å². The van der Waals surface area contributed by atoms with E-state index in [1.54, 1.807) is 13.3 Å². The Kier molecular flexibility index (Phi) is 2.47. The maximum atomic E-state index is 5.15. The van der Waals surface area contributed by atoms with Crippen molar-refractivity contribution in [1.82, 2.24) is 4.98 Å². The van der Waals surface area contributed by atoms with Gasteiger partial charge in [-0.1, -0.05) is 6.92 Å². The van der Waals surface area contributed by atoms with Crippen LogP contribution in [0.3, 0.4) is 0 Å². The Bertz CT molecular complexity index is 223. The summed E-state index contributed by atoms with van der Waals surface area (Å²) in [5, 5.41) is 0. The van der Waals surface area contributed by atoms with Gasteiger partial charge in [0.1, 0.15) is 5.75 Å². The van der Waals surface area contributed by atoms with E-state index < -0.39 is 0 Å². The molecule has 60 valence electrons. The zero-order valence-electron chi connectivity index (χ0n) is 7.22. The molecule has 2 nitrogen and oxygen atoms in total. The third kappa shape index (κ3) is 1.50. The van der Waals surface area contributed by atoms with Crippen molar-refractivity contribution in [3.05, 3.63) is 23.5 Å². The summed E-state index contributed by atoms with van der Waals surface area (Å²) in [7, 11) is 1.68. The van der Waals surface area contributed by atoms with E-state index >= 15 is 0 Å². The van der Waals surface area contributed by atoms with Gasteiger partial charge in [-0.3, -0.25) is 4.98 Å². The minimum absolute atomic E-state index is 0.928. The first kappa shape index (κ1) is 8.05. The second kappa shape index (κ2) is 3.37. The molecule has 0 spiro atoms. The lowest BCUT2D eigenvalue weighted by molar-refractivity contribution is 0.410. The fraction of sp³-hybridized carbons (Fsp3) is 0.444. The number of aryl methyl sites for hydroxylation is 1. The number of nitrogens with zero attached hydrogens (tertiary/aromatic N) is 1. The van der Waals surface area contributed by atoms with Gasteiger partial charge in [0.25, 0.3) is 0 Å². The van der Waals surface area contributed by atoms with E-state index in [9.17, 15) is 0 Å². The Morgan fingerprint density at radius 1 is 1.55 bits per heavy atom. The molecule has 1 heterocycles. The van der Waals surface area contributed by atoms with Gasteiger partial charge in [-0.25, -0.2) is 0 Å². The van der Waals surface area contributed by atoms with Crippen LogP contribution < -0.4 is 4.74 Å². The number of ether oxygens (including phenoxy) is 1. The molecule has 0 atom stereocenters. The average molecular weight is 151 g/mol. The van der Waals surface area contributed by atoms with E-state index in [4.69, 9.17) is 4.74 Å². The first-order valence-electron chi connectivity index (χ1n) is 3.78. The minimum atomic E-state index is 0.928. The van der Waals surface area contributed by atoms with Crippen LogP contribution in [-0.4, -0.2) is 12.1 Å². The Balaban J connectivity index is 3.10. The summed E-state index contributed by atoms with van der Waals surface area (Å²) < 4.78 is 5.15. The molecule has 0 unspecified atom stereocenters. The summed E-state index contributed by atoms with van der Waals surface area (Å²) in [6, 6.07) is 1.88. The highest BCUT2D eigenvalue weighted by Crippen LogP contribution is 2.18. The van der Waals surface area contributed by atoms with Gasteiger partial charge >= 0.3 is 0 Å². The maximum Gasteiger partial charge on any atom is 0.125 e. The molecule has 2 heteroatoms. The van der Waals surface area contributed by atoms with Gasteiger partial charge in [0.05, 0.1) is 7.11 Å². The fourth-order valence-corrected chi connectivity index (χ4v) is 1.14. The lowest BCUT2D eigenvalue weighted by Crippen LogP contribution is -1.94. The minimum Gasteiger partial charge on any atom is -0.496 e. The van der Waals surface area contributed by atoms with Crippen LogP contribution in [0.2, 0.25) is 0 Å². The molecule has 0 saturated carbocycles. The van der Waals surface area contributed by atoms with Gasteiger partial charge in [-0.2, -0.15) is 0 Å². The molecule has 0 N–H and O–H groups in total. The standard InChI is InChI=1S/C9H13NO/c1-4-8-7(2)9(11-3)5-6-10-8/h5-6H,4H2,1-3H3. The predicted molar refractivity (Wildman–Crippen MR) is 44.9 cm³/mol. The number of hydrogen-bond acceptors (Lipinski definition) is 2. The number of rotatable bonds is 2. The summed E-state index contributed by atoms with van der Waals surface area (Å²) in [6.45, 7) is 4.12. The maximum absolute atomic E-state index is 5.15. The van der Waals surface area contributed by atoms with Crippen LogP contribution >= 0.6 is 0 Å². The SMILES string of the molecule is CCc1nccc(OC)c1C. The summed E-state index contributed by atoms with van der Waals surface area (Å²) in [5.41, 5.74) is 2.27. The van der Waals surface area contributed by atoms with Crippen molar-refractivity contribution in [3.8, 4) is 5.75 Å². The normalized spacial score (nSPS) is 9.73. The average Bonchev–Trinajstić information content (AvgIpc) is 2.05. The van der Waals surface area contributed by atoms with E-state index in [1.165, 1.54) is 0 Å². The molecule has 1 rings (SSSR count). The van der Waals surface area contributed by atoms with Crippen LogP contribution in [0.4, 0.5) is 0 Å². The molecule has 0 radical (unpaired) electrons. The van der Waals surface area contributed by atoms with Gasteiger partial charge in [-0.05, 0) is 19.4 Å². The molecule has 0 bridgehead atoms. The summed E-state index contributed by atoms with van der Waals surface area (Å²) in [5.74, 6) is 0.928. The van der Waals surface area contributed by atoms with Crippen LogP contribution in [0.1, 0.15) is 18.2 Å². The van der Waals surface area contributed by atoms with Gasteiger partial charge in [0, 0.05) is 17.5 Å². The van der Waals surface area contributed by atoms with Gasteiger partial charge in [0.2, 0.25) is 0 Å². The van der Waals surface area contributed by atoms with Crippen LogP contribution in [0, 0.1) is 6.92 Å². The molecule has 0 aliphatic carbocycles. The smallest absolute Gasteiger partial charge is 0.125 e. The molecular formula is C9H13NO. The van der Waals surface area contributed by atoms with Crippen LogP contribution in [-0.2, 0) is 6.42 Å². The lowest BCUT2D eigenvalue weighted by atomic mass is 10.1. The van der Waals surface area contributed by atoms with E-state index in [-0.39, 0.29) is 0 Å². The molecule has 0 aliphatic rings. The van der Waals surface area contributed by atoms with Gasteiger partial charge in [-0.15, -0.1) is 0 Å². The second-order valence-corrected chi connectivity index (χ2v) is 2.44. The van der Waals surface area contributed by atoms with Crippen molar-refractivity contribution in [1.29, 1.82) is 0 Å². The predicted octanol–water partition coefficient (Wildman–Crippen LogP) is 1.96. The monoisotopic (exact) mass is 151 g/mol. The van der Waals surface area contributed by atoms with E-state index in [2.05, 4.69) is 11.9 Å². The Morgan fingerprint density at radius 2 is 2.27 bits per heavy atom. The Hall–Kier alpha value is -1.05. The molecule has 0 aliphatic heterocycles. The van der Waals surface area contributed by atoms with Gasteiger partial charge in [0.15, 0.2) is 0 Å². The van der Waals surface area contributed by atoms with Crippen molar-refractivity contribution < 1.29 is 4.74 Å². The van der Waals surface area contributed by atoms with Crippen molar-refractivity contribution in [3.63, 3.8) is 0 Å². The highest BCUT2D eigenvalue weighted by atomic mass is 16.5. The number of aromatic nitrogens is 1. The van der Waals surface area contributed by atoms with Gasteiger partial charge < -0.3 is 4.74 Å². The third-order valence-electron chi connectivity index (χ3n) is 1.81. The molecule has 0 saturated heterocycles. The summed E-state index contributed by atoms with van der Waals surface area (Å²) >= 11 is 0. The molecule has 1 aromatic heterocycles. The molecule has 1 aromatic rings. The Morgan fingerprint density at radius 3 is 2.82 bits per heavy atom. The van der Waals surface area contributed by atoms with E-state index in [1.807, 2.05) is 13.0 Å². The number of methoxy groups -OCH3 is 1. The topological polar surface area (TPSA) is 22.1 Å². The second-order valence-electron chi connectivity index (χ2n) is 2.44. The first-order valence-corrected chi connectivity index (χ1v) is 3.78. The summed E-state index contributed by atoms with van der Waals surface area (Å²) in [4.78, 5) is 4.23. The van der Waals surface area contributed by atoms with Crippen molar-refractivity contribution in [2.24, 2.45) is 0 Å². The largest absolute Gasteiger partial charge is 0.496 e. The Labute approximate surface area is 67.2 Å². The molecule has 0 fully saturated rings. The van der Waals surface area contributed by atoms with Crippen LogP contribution in [0.15, 0.2) is 12.3 Å². The summed E-state index contributed by atoms with van der Waals surface area (Å²) in [6.07, 6.45) is 2.74. The number of hydrogen-bond donors (Lipinski definition) is 0. The lowest BCUT2D eigenvalue weighted by Gasteiger charge is -2.06. The van der Waals surface area contributed by atoms with Crippen LogP contribution in [0.5, 0.6) is 5.75 Å². The molecule has 0 amide bonds. The quantitative estimate of drug-likeness (QED) is 0.644. The van der Waals surface area contributed by atoms with E-state index in [0.717, 1.165) is 23.4 Å². The fourth-order valence-electron chi connectivity index (χ4n) is 1.14. The van der Waals surface area contributed by atoms with Crippen LogP contribution in [0.25, 0.3) is 0 Å². The molecule has 11 heavy (non-hydrogen) atoms. The zero-order valence-corrected chi connectivity index (χ0v) is 7.22. The molecular weight excluding hydrogens is 138 g/mol. The molecule has 0 aromatic carbocycles. The van der Waals surface area contributed by atoms with Crippen molar-refractivity contribution in [2.75, 3.05) is 7.11 Å². The third-order valence-corrected chi connectivity index (χ3v) is 1.81. The number of pyridine rings is 1. The first-order chi connectivity index (χ1) is 5.29. The van der Waals surface area contributed by atoms with Crippen molar-refractivity contribution >= 4 is 0 Å². The highest BCUT2D eigenvalue weighted by molar-refractivity contribution is 5.34. The zero-order chi connectivity index (χ0) is 8.27. The van der Waals surface area contributed by atoms with Crippen molar-refractivity contribution in [2.45, 2.75) is 20.3 Å². The highest BCUT2D eigenvalue weighted by Gasteiger charge is 2.01.